The molecule has 0 aliphatic heterocycles. The standard InChI is InChI=1S/C14H16ClN3O2/c1-17(9-13-16-5-6-18(13)2)8-11-4-3-10(14(19)20)7-12(11)15/h3-7H,8-9H2,1-2H3,(H,19,20). The van der Waals surface area contributed by atoms with Crippen molar-refractivity contribution in [2.75, 3.05) is 7.05 Å². The largest absolute Gasteiger partial charge is 0.478 e. The molecule has 2 rings (SSSR count). The van der Waals surface area contributed by atoms with Crippen LogP contribution >= 0.6 is 11.6 Å². The van der Waals surface area contributed by atoms with E-state index in [9.17, 15) is 4.79 Å². The molecule has 0 spiro atoms. The summed E-state index contributed by atoms with van der Waals surface area (Å²) in [6.07, 6.45) is 3.66. The van der Waals surface area contributed by atoms with Gasteiger partial charge < -0.3 is 9.67 Å². The molecule has 0 unspecified atom stereocenters. The van der Waals surface area contributed by atoms with Gasteiger partial charge in [-0.2, -0.15) is 0 Å². The molecular formula is C14H16ClN3O2. The molecule has 0 bridgehead atoms. The Balaban J connectivity index is 2.06. The van der Waals surface area contributed by atoms with E-state index in [-0.39, 0.29) is 5.56 Å². The molecule has 0 fully saturated rings. The van der Waals surface area contributed by atoms with E-state index in [4.69, 9.17) is 16.7 Å². The number of aromatic nitrogens is 2. The number of carboxylic acid groups (broad SMARTS) is 1. The van der Waals surface area contributed by atoms with Crippen molar-refractivity contribution in [2.45, 2.75) is 13.1 Å². The first-order valence-electron chi connectivity index (χ1n) is 6.14. The molecule has 6 heteroatoms. The second kappa shape index (κ2) is 6.07. The lowest BCUT2D eigenvalue weighted by Gasteiger charge is -2.17. The second-order valence-corrected chi connectivity index (χ2v) is 5.15. The number of hydrogen-bond donors (Lipinski definition) is 1. The van der Waals surface area contributed by atoms with E-state index in [1.807, 2.05) is 24.9 Å². The lowest BCUT2D eigenvalue weighted by atomic mass is 10.1. The maximum absolute atomic E-state index is 10.9. The average molecular weight is 294 g/mol. The maximum Gasteiger partial charge on any atom is 0.335 e. The van der Waals surface area contributed by atoms with E-state index >= 15 is 0 Å². The van der Waals surface area contributed by atoms with Crippen molar-refractivity contribution in [3.05, 3.63) is 52.6 Å². The van der Waals surface area contributed by atoms with Crippen molar-refractivity contribution >= 4 is 17.6 Å². The fourth-order valence-electron chi connectivity index (χ4n) is 1.95. The van der Waals surface area contributed by atoms with Gasteiger partial charge in [0, 0.05) is 31.0 Å². The van der Waals surface area contributed by atoms with Crippen molar-refractivity contribution in [1.82, 2.24) is 14.5 Å². The summed E-state index contributed by atoms with van der Waals surface area (Å²) in [7, 11) is 3.92. The molecule has 2 aromatic rings. The zero-order valence-corrected chi connectivity index (χ0v) is 12.1. The minimum absolute atomic E-state index is 0.200. The third-order valence-electron chi connectivity index (χ3n) is 3.07. The minimum Gasteiger partial charge on any atom is -0.478 e. The minimum atomic E-state index is -0.972. The lowest BCUT2D eigenvalue weighted by Crippen LogP contribution is -2.19. The molecule has 1 aromatic carbocycles. The second-order valence-electron chi connectivity index (χ2n) is 4.74. The van der Waals surface area contributed by atoms with Crippen LogP contribution in [0.2, 0.25) is 5.02 Å². The zero-order valence-electron chi connectivity index (χ0n) is 11.4. The van der Waals surface area contributed by atoms with Crippen molar-refractivity contribution in [3.63, 3.8) is 0 Å². The fraction of sp³-hybridized carbons (Fsp3) is 0.286. The number of rotatable bonds is 5. The van der Waals surface area contributed by atoms with E-state index < -0.39 is 5.97 Å². The normalized spacial score (nSPS) is 11.0. The summed E-state index contributed by atoms with van der Waals surface area (Å²) in [4.78, 5) is 17.2. The van der Waals surface area contributed by atoms with Crippen LogP contribution in [0.25, 0.3) is 0 Å². The fourth-order valence-corrected chi connectivity index (χ4v) is 2.19. The van der Waals surface area contributed by atoms with Crippen LogP contribution in [0.4, 0.5) is 0 Å². The Morgan fingerprint density at radius 3 is 2.75 bits per heavy atom. The summed E-state index contributed by atoms with van der Waals surface area (Å²) in [5, 5.41) is 9.37. The first-order valence-corrected chi connectivity index (χ1v) is 6.51. The third kappa shape index (κ3) is 3.37. The highest BCUT2D eigenvalue weighted by Crippen LogP contribution is 2.20. The van der Waals surface area contributed by atoms with Gasteiger partial charge in [0.05, 0.1) is 12.1 Å². The Morgan fingerprint density at radius 2 is 2.20 bits per heavy atom. The number of halogens is 1. The van der Waals surface area contributed by atoms with E-state index in [1.165, 1.54) is 6.07 Å². The van der Waals surface area contributed by atoms with Gasteiger partial charge in [0.1, 0.15) is 5.82 Å². The first kappa shape index (κ1) is 14.6. The maximum atomic E-state index is 10.9. The van der Waals surface area contributed by atoms with Gasteiger partial charge in [-0.1, -0.05) is 17.7 Å². The van der Waals surface area contributed by atoms with Crippen molar-refractivity contribution < 1.29 is 9.90 Å². The molecule has 1 aromatic heterocycles. The summed E-state index contributed by atoms with van der Waals surface area (Å²) >= 11 is 6.12. The number of nitrogens with zero attached hydrogens (tertiary/aromatic N) is 3. The average Bonchev–Trinajstić information content (AvgIpc) is 2.77. The summed E-state index contributed by atoms with van der Waals surface area (Å²) in [5.74, 6) is -0.00871. The van der Waals surface area contributed by atoms with Gasteiger partial charge >= 0.3 is 5.97 Å². The highest BCUT2D eigenvalue weighted by molar-refractivity contribution is 6.31. The molecule has 0 saturated heterocycles. The molecule has 20 heavy (non-hydrogen) atoms. The monoisotopic (exact) mass is 293 g/mol. The lowest BCUT2D eigenvalue weighted by molar-refractivity contribution is 0.0697. The molecule has 1 N–H and O–H groups in total. The molecule has 5 nitrogen and oxygen atoms in total. The molecule has 0 atom stereocenters. The van der Waals surface area contributed by atoms with Crippen LogP contribution in [0.1, 0.15) is 21.7 Å². The molecule has 106 valence electrons. The van der Waals surface area contributed by atoms with E-state index in [0.717, 1.165) is 11.4 Å². The molecule has 0 saturated carbocycles. The number of aryl methyl sites for hydroxylation is 1. The zero-order chi connectivity index (χ0) is 14.7. The van der Waals surface area contributed by atoms with Crippen LogP contribution in [-0.2, 0) is 20.1 Å². The highest BCUT2D eigenvalue weighted by atomic mass is 35.5. The van der Waals surface area contributed by atoms with Crippen LogP contribution in [-0.4, -0.2) is 32.6 Å². The van der Waals surface area contributed by atoms with E-state index in [1.54, 1.807) is 18.3 Å². The Labute approximate surface area is 122 Å². The van der Waals surface area contributed by atoms with Crippen molar-refractivity contribution in [2.24, 2.45) is 7.05 Å². The summed E-state index contributed by atoms with van der Waals surface area (Å²) in [6, 6.07) is 4.80. The van der Waals surface area contributed by atoms with E-state index in [0.29, 0.717) is 18.1 Å². The van der Waals surface area contributed by atoms with Crippen LogP contribution in [0, 0.1) is 0 Å². The van der Waals surface area contributed by atoms with Gasteiger partial charge in [-0.15, -0.1) is 0 Å². The van der Waals surface area contributed by atoms with Crippen LogP contribution < -0.4 is 0 Å². The molecule has 0 radical (unpaired) electrons. The molecule has 0 aliphatic carbocycles. The van der Waals surface area contributed by atoms with Gasteiger partial charge in [0.2, 0.25) is 0 Å². The van der Waals surface area contributed by atoms with Gasteiger partial charge in [0.15, 0.2) is 0 Å². The van der Waals surface area contributed by atoms with E-state index in [2.05, 4.69) is 9.88 Å². The molecule has 1 heterocycles. The van der Waals surface area contributed by atoms with Gasteiger partial charge in [-0.25, -0.2) is 9.78 Å². The van der Waals surface area contributed by atoms with Gasteiger partial charge in [0.25, 0.3) is 0 Å². The summed E-state index contributed by atoms with van der Waals surface area (Å²) in [6.45, 7) is 1.33. The Morgan fingerprint density at radius 1 is 1.45 bits per heavy atom. The topological polar surface area (TPSA) is 58.4 Å². The smallest absolute Gasteiger partial charge is 0.335 e. The van der Waals surface area contributed by atoms with Crippen molar-refractivity contribution in [1.29, 1.82) is 0 Å². The molecule has 0 aliphatic rings. The number of imidazole rings is 1. The number of carbonyl (C=O) groups is 1. The van der Waals surface area contributed by atoms with Crippen molar-refractivity contribution in [3.8, 4) is 0 Å². The van der Waals surface area contributed by atoms with Crippen LogP contribution in [0.5, 0.6) is 0 Å². The van der Waals surface area contributed by atoms with Crippen LogP contribution in [0.3, 0.4) is 0 Å². The SMILES string of the molecule is CN(Cc1ccc(C(=O)O)cc1Cl)Cc1nccn1C. The summed E-state index contributed by atoms with van der Waals surface area (Å²) < 4.78 is 1.96. The highest BCUT2D eigenvalue weighted by Gasteiger charge is 2.10. The first-order chi connectivity index (χ1) is 9.47. The predicted octanol–water partition coefficient (Wildman–Crippen LogP) is 2.40. The van der Waals surface area contributed by atoms with Crippen LogP contribution in [0.15, 0.2) is 30.6 Å². The Kier molecular flexibility index (Phi) is 4.42. The Hall–Kier alpha value is -1.85. The van der Waals surface area contributed by atoms with Gasteiger partial charge in [-0.3, -0.25) is 4.90 Å². The molecule has 0 amide bonds. The summed E-state index contributed by atoms with van der Waals surface area (Å²) in [5.41, 5.74) is 1.10. The number of carboxylic acids is 1. The van der Waals surface area contributed by atoms with Gasteiger partial charge in [-0.05, 0) is 24.7 Å². The quantitative estimate of drug-likeness (QED) is 0.920. The Bertz CT molecular complexity index is 625. The predicted molar refractivity (Wildman–Crippen MR) is 76.8 cm³/mol. The molecular weight excluding hydrogens is 278 g/mol. The third-order valence-corrected chi connectivity index (χ3v) is 3.42. The number of aromatic carboxylic acids is 1. The number of hydrogen-bond acceptors (Lipinski definition) is 3. The number of benzene rings is 1.